The molecule has 1 atom stereocenters. The topological polar surface area (TPSA) is 74.3 Å². The van der Waals surface area contributed by atoms with Gasteiger partial charge in [-0.25, -0.2) is 8.78 Å². The van der Waals surface area contributed by atoms with Gasteiger partial charge in [0.25, 0.3) is 5.91 Å². The number of benzene rings is 3. The van der Waals surface area contributed by atoms with Crippen LogP contribution in [0.4, 0.5) is 8.78 Å². The van der Waals surface area contributed by atoms with Gasteiger partial charge >= 0.3 is 0 Å². The largest absolute Gasteiger partial charge is 0.493 e. The van der Waals surface area contributed by atoms with E-state index in [0.29, 0.717) is 29.9 Å². The zero-order valence-electron chi connectivity index (χ0n) is 18.8. The van der Waals surface area contributed by atoms with Gasteiger partial charge in [0.05, 0.1) is 24.8 Å². The van der Waals surface area contributed by atoms with E-state index in [2.05, 4.69) is 10.3 Å². The number of aliphatic hydroxyl groups excluding tert-OH is 1. The van der Waals surface area contributed by atoms with Gasteiger partial charge in [-0.3, -0.25) is 4.79 Å². The number of hydrogen-bond donors (Lipinski definition) is 3. The molecule has 0 fully saturated rings. The number of aromatic amines is 1. The Labute approximate surface area is 197 Å². The standard InChI is InChI=1S/C27H26F2N2O3.H2/c1-2-11-34-26-10-8-17(18-7-9-23(28)24(29)14-18)13-22(26)27(33)31-20(16-32)12-19-15-30-25-6-4-3-5-21(19)25;/h3-10,13-15,20,30,32H,2,11-12,16H2,1H3,(H,31,33);1H/t20-;/m0./s1. The molecule has 1 amide bonds. The van der Waals surface area contributed by atoms with E-state index < -0.39 is 23.6 Å². The second-order valence-electron chi connectivity index (χ2n) is 8.10. The van der Waals surface area contributed by atoms with Crippen LogP contribution in [0.15, 0.2) is 66.9 Å². The zero-order valence-corrected chi connectivity index (χ0v) is 18.8. The summed E-state index contributed by atoms with van der Waals surface area (Å²) < 4.78 is 32.9. The molecule has 4 rings (SSSR count). The second kappa shape index (κ2) is 10.5. The van der Waals surface area contributed by atoms with Crippen molar-refractivity contribution in [1.29, 1.82) is 0 Å². The summed E-state index contributed by atoms with van der Waals surface area (Å²) in [6.45, 7) is 2.13. The van der Waals surface area contributed by atoms with E-state index in [1.165, 1.54) is 6.07 Å². The quantitative estimate of drug-likeness (QED) is 0.306. The van der Waals surface area contributed by atoms with E-state index in [9.17, 15) is 18.7 Å². The van der Waals surface area contributed by atoms with Crippen LogP contribution in [-0.4, -0.2) is 35.3 Å². The summed E-state index contributed by atoms with van der Waals surface area (Å²) in [5.74, 6) is -1.94. The van der Waals surface area contributed by atoms with Gasteiger partial charge in [-0.15, -0.1) is 0 Å². The van der Waals surface area contributed by atoms with Crippen LogP contribution >= 0.6 is 0 Å². The molecule has 1 heterocycles. The molecule has 0 saturated carbocycles. The first-order valence-electron chi connectivity index (χ1n) is 11.2. The van der Waals surface area contributed by atoms with Gasteiger partial charge in [-0.1, -0.05) is 37.3 Å². The van der Waals surface area contributed by atoms with E-state index in [0.717, 1.165) is 35.0 Å². The van der Waals surface area contributed by atoms with E-state index >= 15 is 0 Å². The van der Waals surface area contributed by atoms with E-state index in [-0.39, 0.29) is 13.6 Å². The summed E-state index contributed by atoms with van der Waals surface area (Å²) >= 11 is 0. The minimum atomic E-state index is -0.964. The van der Waals surface area contributed by atoms with Crippen LogP contribution in [0.2, 0.25) is 0 Å². The normalized spacial score (nSPS) is 12.0. The molecule has 3 aromatic carbocycles. The summed E-state index contributed by atoms with van der Waals surface area (Å²) in [6, 6.07) is 15.8. The first-order chi connectivity index (χ1) is 16.5. The first-order valence-corrected chi connectivity index (χ1v) is 11.2. The van der Waals surface area contributed by atoms with Crippen molar-refractivity contribution >= 4 is 16.8 Å². The van der Waals surface area contributed by atoms with Gasteiger partial charge in [-0.2, -0.15) is 0 Å². The Morgan fingerprint density at radius 3 is 2.62 bits per heavy atom. The fourth-order valence-electron chi connectivity index (χ4n) is 3.89. The van der Waals surface area contributed by atoms with Crippen LogP contribution < -0.4 is 10.1 Å². The molecule has 0 bridgehead atoms. The van der Waals surface area contributed by atoms with Crippen LogP contribution in [0.25, 0.3) is 22.0 Å². The second-order valence-corrected chi connectivity index (χ2v) is 8.10. The Hall–Kier alpha value is -3.71. The maximum atomic E-state index is 13.8. The van der Waals surface area contributed by atoms with E-state index in [1.54, 1.807) is 18.2 Å². The molecular weight excluding hydrogens is 438 g/mol. The van der Waals surface area contributed by atoms with Crippen molar-refractivity contribution in [2.75, 3.05) is 13.2 Å². The number of hydrogen-bond acceptors (Lipinski definition) is 3. The lowest BCUT2D eigenvalue weighted by Gasteiger charge is -2.18. The molecule has 3 N–H and O–H groups in total. The Morgan fingerprint density at radius 1 is 1.09 bits per heavy atom. The number of fused-ring (bicyclic) bond motifs is 1. The van der Waals surface area contributed by atoms with Crippen LogP contribution in [0.3, 0.4) is 0 Å². The molecule has 34 heavy (non-hydrogen) atoms. The SMILES string of the molecule is CCCOc1ccc(-c2ccc(F)c(F)c2)cc1C(=O)N[C@H](CO)Cc1c[nH]c2ccccc12.[HH]. The highest BCUT2D eigenvalue weighted by Crippen LogP contribution is 2.28. The Balaban J connectivity index is 0.00000342. The van der Waals surface area contributed by atoms with Crippen molar-refractivity contribution in [2.24, 2.45) is 0 Å². The molecule has 0 radical (unpaired) electrons. The molecular formula is C27H28F2N2O3. The Morgan fingerprint density at radius 2 is 1.85 bits per heavy atom. The fraction of sp³-hybridized carbons (Fsp3) is 0.222. The van der Waals surface area contributed by atoms with Gasteiger partial charge in [0.2, 0.25) is 0 Å². The lowest BCUT2D eigenvalue weighted by atomic mass is 10.0. The van der Waals surface area contributed by atoms with Crippen LogP contribution in [0, 0.1) is 11.6 Å². The number of ether oxygens (including phenoxy) is 1. The summed E-state index contributed by atoms with van der Waals surface area (Å²) in [5, 5.41) is 13.9. The molecule has 1 aromatic heterocycles. The molecule has 0 unspecified atom stereocenters. The smallest absolute Gasteiger partial charge is 0.255 e. The third kappa shape index (κ3) is 5.10. The molecule has 0 aliphatic rings. The average Bonchev–Trinajstić information content (AvgIpc) is 3.26. The number of para-hydroxylation sites is 1. The molecule has 0 saturated heterocycles. The highest BCUT2D eigenvalue weighted by molar-refractivity contribution is 5.98. The predicted molar refractivity (Wildman–Crippen MR) is 130 cm³/mol. The Kier molecular flexibility index (Phi) is 7.23. The zero-order chi connectivity index (χ0) is 24.1. The monoisotopic (exact) mass is 466 g/mol. The van der Waals surface area contributed by atoms with Crippen LogP contribution in [-0.2, 0) is 6.42 Å². The van der Waals surface area contributed by atoms with Crippen molar-refractivity contribution in [3.8, 4) is 16.9 Å². The molecule has 0 aliphatic heterocycles. The summed E-state index contributed by atoms with van der Waals surface area (Å²) in [5.41, 5.74) is 3.20. The molecule has 0 aliphatic carbocycles. The Bertz CT molecular complexity index is 1310. The lowest BCUT2D eigenvalue weighted by Crippen LogP contribution is -2.39. The van der Waals surface area contributed by atoms with Crippen molar-refractivity contribution in [2.45, 2.75) is 25.8 Å². The first kappa shape index (κ1) is 23.4. The van der Waals surface area contributed by atoms with Crippen molar-refractivity contribution in [3.05, 3.63) is 89.6 Å². The van der Waals surface area contributed by atoms with Gasteiger partial charge < -0.3 is 20.1 Å². The molecule has 0 spiro atoms. The molecule has 7 heteroatoms. The third-order valence-corrected chi connectivity index (χ3v) is 5.64. The number of aliphatic hydroxyl groups is 1. The number of nitrogens with one attached hydrogen (secondary N) is 2. The predicted octanol–water partition coefficient (Wildman–Crippen LogP) is 5.48. The minimum absolute atomic E-state index is 0. The number of halogens is 2. The fourth-order valence-corrected chi connectivity index (χ4v) is 3.89. The summed E-state index contributed by atoms with van der Waals surface area (Å²) in [4.78, 5) is 16.4. The summed E-state index contributed by atoms with van der Waals surface area (Å²) in [6.07, 6.45) is 3.06. The van der Waals surface area contributed by atoms with Crippen molar-refractivity contribution < 1.29 is 24.8 Å². The van der Waals surface area contributed by atoms with Gasteiger partial charge in [0.1, 0.15) is 5.75 Å². The van der Waals surface area contributed by atoms with Crippen LogP contribution in [0.1, 0.15) is 30.7 Å². The van der Waals surface area contributed by atoms with Crippen molar-refractivity contribution in [1.82, 2.24) is 10.3 Å². The van der Waals surface area contributed by atoms with Gasteiger partial charge in [0.15, 0.2) is 11.6 Å². The lowest BCUT2D eigenvalue weighted by molar-refractivity contribution is 0.0912. The minimum Gasteiger partial charge on any atom is -0.493 e. The van der Waals surface area contributed by atoms with Crippen molar-refractivity contribution in [3.63, 3.8) is 0 Å². The summed E-state index contributed by atoms with van der Waals surface area (Å²) in [7, 11) is 0. The highest BCUT2D eigenvalue weighted by Gasteiger charge is 2.20. The van der Waals surface area contributed by atoms with Gasteiger partial charge in [0, 0.05) is 18.5 Å². The number of amides is 1. The number of carbonyl (C=O) groups excluding carboxylic acids is 1. The van der Waals surface area contributed by atoms with E-state index in [4.69, 9.17) is 4.74 Å². The van der Waals surface area contributed by atoms with Gasteiger partial charge in [-0.05, 0) is 59.9 Å². The van der Waals surface area contributed by atoms with E-state index in [1.807, 2.05) is 37.4 Å². The number of carbonyl (C=O) groups is 1. The molecule has 4 aromatic rings. The molecule has 5 nitrogen and oxygen atoms in total. The third-order valence-electron chi connectivity index (χ3n) is 5.64. The average molecular weight is 467 g/mol. The number of H-pyrrole nitrogens is 1. The highest BCUT2D eigenvalue weighted by atomic mass is 19.2. The maximum absolute atomic E-state index is 13.8. The number of rotatable bonds is 9. The number of aromatic nitrogens is 1. The van der Waals surface area contributed by atoms with Crippen LogP contribution in [0.5, 0.6) is 5.75 Å². The maximum Gasteiger partial charge on any atom is 0.255 e. The molecule has 178 valence electrons.